The van der Waals surface area contributed by atoms with Crippen LogP contribution in [0.2, 0.25) is 0 Å². The lowest BCUT2D eigenvalue weighted by Crippen LogP contribution is -2.15. The molecular formula is C18H22N2O2. The zero-order chi connectivity index (χ0) is 15.8. The number of hydrogen-bond acceptors (Lipinski definition) is 3. The first-order valence-electron chi connectivity index (χ1n) is 7.38. The third-order valence-corrected chi connectivity index (χ3v) is 3.46. The Morgan fingerprint density at radius 2 is 1.82 bits per heavy atom. The topological polar surface area (TPSA) is 50.4 Å². The number of benzene rings is 2. The van der Waals surface area contributed by atoms with Crippen molar-refractivity contribution in [2.24, 2.45) is 0 Å². The fraction of sp³-hybridized carbons (Fsp3) is 0.278. The number of ether oxygens (including phenoxy) is 1. The summed E-state index contributed by atoms with van der Waals surface area (Å²) in [5.41, 5.74) is 3.08. The molecule has 0 saturated heterocycles. The van der Waals surface area contributed by atoms with Crippen LogP contribution in [0.5, 0.6) is 5.75 Å². The highest BCUT2D eigenvalue weighted by atomic mass is 16.5. The Morgan fingerprint density at radius 3 is 2.50 bits per heavy atom. The van der Waals surface area contributed by atoms with E-state index >= 15 is 0 Å². The zero-order valence-corrected chi connectivity index (χ0v) is 13.1. The zero-order valence-electron chi connectivity index (χ0n) is 13.1. The Bertz CT molecular complexity index is 609. The summed E-state index contributed by atoms with van der Waals surface area (Å²) in [6, 6.07) is 15.6. The lowest BCUT2D eigenvalue weighted by molar-refractivity contribution is -0.116. The molecule has 0 radical (unpaired) electrons. The van der Waals surface area contributed by atoms with E-state index in [0.29, 0.717) is 12.8 Å². The average molecular weight is 298 g/mol. The van der Waals surface area contributed by atoms with Crippen molar-refractivity contribution in [2.45, 2.75) is 19.4 Å². The quantitative estimate of drug-likeness (QED) is 0.826. The smallest absolute Gasteiger partial charge is 0.224 e. The van der Waals surface area contributed by atoms with Crippen molar-refractivity contribution in [1.82, 2.24) is 5.32 Å². The standard InChI is InChI=1S/C18H22N2O2/c1-19-13-15-5-3-4-6-17(15)20-18(21)12-9-14-7-10-16(22-2)11-8-14/h3-8,10-11,19H,9,12-13H2,1-2H3,(H,20,21). The van der Waals surface area contributed by atoms with Crippen molar-refractivity contribution in [3.63, 3.8) is 0 Å². The van der Waals surface area contributed by atoms with Gasteiger partial charge in [0.05, 0.1) is 7.11 Å². The Balaban J connectivity index is 1.90. The second kappa shape index (κ2) is 8.20. The normalized spacial score (nSPS) is 10.3. The fourth-order valence-corrected chi connectivity index (χ4v) is 2.25. The summed E-state index contributed by atoms with van der Waals surface area (Å²) in [4.78, 5) is 12.1. The molecule has 0 saturated carbocycles. The minimum atomic E-state index is 0.0272. The molecule has 0 spiro atoms. The molecule has 0 bridgehead atoms. The molecule has 0 atom stereocenters. The number of rotatable bonds is 7. The van der Waals surface area contributed by atoms with Gasteiger partial charge in [-0.1, -0.05) is 30.3 Å². The molecular weight excluding hydrogens is 276 g/mol. The van der Waals surface area contributed by atoms with Gasteiger partial charge in [0.25, 0.3) is 0 Å². The first-order chi connectivity index (χ1) is 10.7. The minimum absolute atomic E-state index is 0.0272. The Kier molecular flexibility index (Phi) is 5.98. The van der Waals surface area contributed by atoms with Crippen LogP contribution < -0.4 is 15.4 Å². The monoisotopic (exact) mass is 298 g/mol. The third kappa shape index (κ3) is 4.60. The van der Waals surface area contributed by atoms with E-state index in [-0.39, 0.29) is 5.91 Å². The van der Waals surface area contributed by atoms with E-state index < -0.39 is 0 Å². The van der Waals surface area contributed by atoms with Crippen LogP contribution in [0.1, 0.15) is 17.5 Å². The molecule has 0 aliphatic heterocycles. The van der Waals surface area contributed by atoms with Crippen LogP contribution in [0, 0.1) is 0 Å². The predicted octanol–water partition coefficient (Wildman–Crippen LogP) is 2.99. The van der Waals surface area contributed by atoms with Gasteiger partial charge in [-0.05, 0) is 42.8 Å². The number of carbonyl (C=O) groups excluding carboxylic acids is 1. The molecule has 0 aliphatic carbocycles. The SMILES string of the molecule is CNCc1ccccc1NC(=O)CCc1ccc(OC)cc1. The number of anilines is 1. The summed E-state index contributed by atoms with van der Waals surface area (Å²) >= 11 is 0. The maximum absolute atomic E-state index is 12.1. The molecule has 0 aromatic heterocycles. The Morgan fingerprint density at radius 1 is 1.09 bits per heavy atom. The molecule has 0 heterocycles. The molecule has 2 aromatic carbocycles. The van der Waals surface area contributed by atoms with Crippen molar-refractivity contribution in [3.8, 4) is 5.75 Å². The van der Waals surface area contributed by atoms with Crippen LogP contribution in [0.25, 0.3) is 0 Å². The van der Waals surface area contributed by atoms with Crippen molar-refractivity contribution in [1.29, 1.82) is 0 Å². The largest absolute Gasteiger partial charge is 0.497 e. The van der Waals surface area contributed by atoms with Gasteiger partial charge in [0, 0.05) is 18.7 Å². The lowest BCUT2D eigenvalue weighted by Gasteiger charge is -2.11. The van der Waals surface area contributed by atoms with E-state index in [9.17, 15) is 4.79 Å². The number of para-hydroxylation sites is 1. The molecule has 22 heavy (non-hydrogen) atoms. The fourth-order valence-electron chi connectivity index (χ4n) is 2.25. The third-order valence-electron chi connectivity index (χ3n) is 3.46. The van der Waals surface area contributed by atoms with Gasteiger partial charge in [0.15, 0.2) is 0 Å². The maximum Gasteiger partial charge on any atom is 0.224 e. The van der Waals surface area contributed by atoms with Crippen LogP contribution in [0.15, 0.2) is 48.5 Å². The summed E-state index contributed by atoms with van der Waals surface area (Å²) in [7, 11) is 3.54. The van der Waals surface area contributed by atoms with Gasteiger partial charge in [-0.25, -0.2) is 0 Å². The number of amides is 1. The van der Waals surface area contributed by atoms with Crippen LogP contribution >= 0.6 is 0 Å². The van der Waals surface area contributed by atoms with Crippen molar-refractivity contribution >= 4 is 11.6 Å². The summed E-state index contributed by atoms with van der Waals surface area (Å²) in [5, 5.41) is 6.09. The van der Waals surface area contributed by atoms with Crippen molar-refractivity contribution < 1.29 is 9.53 Å². The van der Waals surface area contributed by atoms with Gasteiger partial charge in [-0.2, -0.15) is 0 Å². The van der Waals surface area contributed by atoms with Gasteiger partial charge >= 0.3 is 0 Å². The first-order valence-corrected chi connectivity index (χ1v) is 7.38. The predicted molar refractivity (Wildman–Crippen MR) is 89.2 cm³/mol. The Labute approximate surface area is 131 Å². The van der Waals surface area contributed by atoms with E-state index in [1.54, 1.807) is 7.11 Å². The van der Waals surface area contributed by atoms with E-state index in [1.807, 2.05) is 55.6 Å². The minimum Gasteiger partial charge on any atom is -0.497 e. The van der Waals surface area contributed by atoms with Crippen molar-refractivity contribution in [3.05, 3.63) is 59.7 Å². The van der Waals surface area contributed by atoms with E-state index in [2.05, 4.69) is 10.6 Å². The number of hydrogen-bond donors (Lipinski definition) is 2. The highest BCUT2D eigenvalue weighted by Gasteiger charge is 2.06. The molecule has 0 aliphatic rings. The van der Waals surface area contributed by atoms with Crippen molar-refractivity contribution in [2.75, 3.05) is 19.5 Å². The van der Waals surface area contributed by atoms with E-state index in [0.717, 1.165) is 29.1 Å². The van der Waals surface area contributed by atoms with Crippen LogP contribution in [0.3, 0.4) is 0 Å². The number of carbonyl (C=O) groups is 1. The molecule has 0 unspecified atom stereocenters. The number of methoxy groups -OCH3 is 1. The van der Waals surface area contributed by atoms with Gasteiger partial charge in [0.1, 0.15) is 5.75 Å². The highest BCUT2D eigenvalue weighted by molar-refractivity contribution is 5.91. The average Bonchev–Trinajstić information content (AvgIpc) is 2.55. The molecule has 4 nitrogen and oxygen atoms in total. The van der Waals surface area contributed by atoms with Crippen LogP contribution in [-0.2, 0) is 17.8 Å². The molecule has 2 aromatic rings. The molecule has 1 amide bonds. The van der Waals surface area contributed by atoms with Crippen LogP contribution in [-0.4, -0.2) is 20.1 Å². The summed E-state index contributed by atoms with van der Waals surface area (Å²) in [6.07, 6.45) is 1.17. The molecule has 2 N–H and O–H groups in total. The summed E-state index contributed by atoms with van der Waals surface area (Å²) < 4.78 is 5.12. The van der Waals surface area contributed by atoms with Gasteiger partial charge in [-0.15, -0.1) is 0 Å². The Hall–Kier alpha value is -2.33. The molecule has 116 valence electrons. The molecule has 2 rings (SSSR count). The highest BCUT2D eigenvalue weighted by Crippen LogP contribution is 2.16. The van der Waals surface area contributed by atoms with E-state index in [4.69, 9.17) is 4.74 Å². The van der Waals surface area contributed by atoms with Gasteiger partial charge in [0.2, 0.25) is 5.91 Å². The van der Waals surface area contributed by atoms with Gasteiger partial charge < -0.3 is 15.4 Å². The maximum atomic E-state index is 12.1. The molecule has 4 heteroatoms. The van der Waals surface area contributed by atoms with Gasteiger partial charge in [-0.3, -0.25) is 4.79 Å². The number of aryl methyl sites for hydroxylation is 1. The second-order valence-electron chi connectivity index (χ2n) is 5.08. The summed E-state index contributed by atoms with van der Waals surface area (Å²) in [6.45, 7) is 0.731. The molecule has 0 fully saturated rings. The second-order valence-corrected chi connectivity index (χ2v) is 5.08. The lowest BCUT2D eigenvalue weighted by atomic mass is 10.1. The first kappa shape index (κ1) is 16.0. The van der Waals surface area contributed by atoms with E-state index in [1.165, 1.54) is 0 Å². The number of nitrogens with one attached hydrogen (secondary N) is 2. The summed E-state index contributed by atoms with van der Waals surface area (Å²) in [5.74, 6) is 0.855. The van der Waals surface area contributed by atoms with Crippen LogP contribution in [0.4, 0.5) is 5.69 Å².